The van der Waals surface area contributed by atoms with E-state index < -0.39 is 56.0 Å². The SMILES string of the molecule is CP(=O)(O)C(C(=O)N/C=C/c1ccccc1NC(=O)NC(N)=O)c1csc2ccc(Cl)cc12.CP(=O)(O)C(C(=O)N/C=C/c1ccccc1NC(N)=O)c1csc2ccc(Cl)cc12. The summed E-state index contributed by atoms with van der Waals surface area (Å²) < 4.78 is 26.9. The van der Waals surface area contributed by atoms with Crippen LogP contribution >= 0.6 is 60.6 Å². The zero-order valence-corrected chi connectivity index (χ0v) is 38.0. The molecule has 16 nitrogen and oxygen atoms in total. The molecule has 0 aliphatic heterocycles. The summed E-state index contributed by atoms with van der Waals surface area (Å²) in [4.78, 5) is 80.1. The largest absolute Gasteiger partial charge is 0.351 e. The van der Waals surface area contributed by atoms with Crippen molar-refractivity contribution in [1.29, 1.82) is 0 Å². The zero-order chi connectivity index (χ0) is 46.1. The molecular weight excluding hydrogens is 931 g/mol. The molecule has 0 aliphatic rings. The van der Waals surface area contributed by atoms with Crippen LogP contribution in [0.25, 0.3) is 32.3 Å². The van der Waals surface area contributed by atoms with Gasteiger partial charge in [-0.15, -0.1) is 22.7 Å². The van der Waals surface area contributed by atoms with Crippen molar-refractivity contribution in [1.82, 2.24) is 16.0 Å². The maximum Gasteiger partial charge on any atom is 0.327 e. The van der Waals surface area contributed by atoms with Crippen LogP contribution < -0.4 is 38.1 Å². The monoisotopic (exact) mass is 969 g/mol. The number of halogens is 2. The van der Waals surface area contributed by atoms with Crippen LogP contribution in [-0.4, -0.2) is 53.0 Å². The van der Waals surface area contributed by atoms with Crippen LogP contribution in [0.4, 0.5) is 25.8 Å². The second-order valence-corrected chi connectivity index (χ2v) is 21.1. The van der Waals surface area contributed by atoms with E-state index in [0.29, 0.717) is 54.4 Å². The Labute approximate surface area is 378 Å². The summed E-state index contributed by atoms with van der Waals surface area (Å²) >= 11 is 14.9. The Kier molecular flexibility index (Phi) is 16.1. The molecule has 0 fully saturated rings. The average molecular weight is 971 g/mol. The second kappa shape index (κ2) is 21.0. The normalized spacial score (nSPS) is 14.1. The van der Waals surface area contributed by atoms with Crippen LogP contribution in [0.1, 0.15) is 33.6 Å². The number of thiophene rings is 2. The van der Waals surface area contributed by atoms with Crippen molar-refractivity contribution in [2.75, 3.05) is 24.0 Å². The zero-order valence-electron chi connectivity index (χ0n) is 33.1. The number of nitrogens with one attached hydrogen (secondary N) is 5. The highest BCUT2D eigenvalue weighted by Crippen LogP contribution is 2.56. The van der Waals surface area contributed by atoms with Crippen molar-refractivity contribution in [2.24, 2.45) is 11.5 Å². The smallest absolute Gasteiger partial charge is 0.327 e. The van der Waals surface area contributed by atoms with Gasteiger partial charge >= 0.3 is 18.1 Å². The Morgan fingerprint density at radius 2 is 1.05 bits per heavy atom. The van der Waals surface area contributed by atoms with E-state index in [1.807, 2.05) is 5.32 Å². The quantitative estimate of drug-likeness (QED) is 0.0528. The number of hydrogen-bond acceptors (Lipinski definition) is 9. The van der Waals surface area contributed by atoms with Gasteiger partial charge in [0.05, 0.1) is 0 Å². The molecule has 6 aromatic rings. The molecule has 0 bridgehead atoms. The van der Waals surface area contributed by atoms with Crippen LogP contribution in [0.2, 0.25) is 10.0 Å². The van der Waals surface area contributed by atoms with Gasteiger partial charge in [0.2, 0.25) is 26.6 Å². The van der Waals surface area contributed by atoms with E-state index in [0.717, 1.165) is 22.7 Å². The molecule has 6 rings (SSSR count). The molecule has 2 aromatic heterocycles. The first-order valence-electron chi connectivity index (χ1n) is 18.2. The fourth-order valence-corrected chi connectivity index (χ4v) is 11.2. The lowest BCUT2D eigenvalue weighted by Crippen LogP contribution is -2.38. The molecule has 4 unspecified atom stereocenters. The van der Waals surface area contributed by atoms with Crippen LogP contribution in [0.15, 0.2) is 108 Å². The molecule has 0 aliphatic carbocycles. The van der Waals surface area contributed by atoms with Crippen molar-refractivity contribution in [3.05, 3.63) is 140 Å². The predicted molar refractivity (Wildman–Crippen MR) is 253 cm³/mol. The van der Waals surface area contributed by atoms with Gasteiger partial charge in [0, 0.05) is 56.5 Å². The van der Waals surface area contributed by atoms with Crippen molar-refractivity contribution in [2.45, 2.75) is 11.3 Å². The number of imide groups is 1. The highest BCUT2D eigenvalue weighted by Gasteiger charge is 2.37. The van der Waals surface area contributed by atoms with Crippen LogP contribution in [0.5, 0.6) is 0 Å². The van der Waals surface area contributed by atoms with E-state index in [4.69, 9.17) is 34.7 Å². The second-order valence-electron chi connectivity index (χ2n) is 13.6. The van der Waals surface area contributed by atoms with E-state index in [1.54, 1.807) is 102 Å². The van der Waals surface area contributed by atoms with E-state index >= 15 is 0 Å². The number of amides is 8. The topological polar surface area (TPSA) is 272 Å². The maximum atomic E-state index is 12.9. The van der Waals surface area contributed by atoms with E-state index in [2.05, 4.69) is 21.3 Å². The van der Waals surface area contributed by atoms with E-state index in [1.165, 1.54) is 41.1 Å². The molecule has 2 heterocycles. The van der Waals surface area contributed by atoms with Gasteiger partial charge in [-0.25, -0.2) is 14.4 Å². The standard InChI is InChI=1S/C21H20ClN4O5PS.C20H19ClN3O4PS/c1-32(30,31)18(15-11-33-17-7-6-13(22)10-14(15)17)19(27)24-9-8-12-4-2-3-5-16(12)25-21(29)26-20(23)28;1-29(27,28)18(15-11-30-17-7-6-13(21)10-14(15)17)19(25)23-9-8-12-4-2-3-5-16(12)24-20(22)26/h2-11,18H,1H3,(H,24,27)(H,30,31)(H4,23,25,26,28,29);2-11,18H,1H3,(H,23,25)(H,27,28)(H3,22,24,26)/b2*9-8+. The summed E-state index contributed by atoms with van der Waals surface area (Å²) in [6.45, 7) is 2.28. The van der Waals surface area contributed by atoms with Crippen molar-refractivity contribution in [3.8, 4) is 0 Å². The molecule has 22 heteroatoms. The third-order valence-corrected chi connectivity index (χ3v) is 14.2. The summed E-state index contributed by atoms with van der Waals surface area (Å²) in [6.07, 6.45) is 5.71. The van der Waals surface area contributed by atoms with Crippen molar-refractivity contribution >= 4 is 134 Å². The number of urea groups is 3. The molecule has 0 radical (unpaired) electrons. The summed E-state index contributed by atoms with van der Waals surface area (Å²) in [7, 11) is -7.72. The molecule has 0 spiro atoms. The first-order chi connectivity index (χ1) is 29.7. The van der Waals surface area contributed by atoms with Gasteiger partial charge in [-0.05, 0) is 104 Å². The fraction of sp³-hybridized carbons (Fsp3) is 0.0976. The Morgan fingerprint density at radius 1 is 0.635 bits per heavy atom. The number of primary amides is 2. The highest BCUT2D eigenvalue weighted by molar-refractivity contribution is 7.59. The van der Waals surface area contributed by atoms with Gasteiger partial charge < -0.3 is 42.5 Å². The number of carbonyl (C=O) groups is 5. The first-order valence-corrected chi connectivity index (χ1v) is 25.1. The molecule has 8 amide bonds. The minimum atomic E-state index is -3.89. The Morgan fingerprint density at radius 3 is 1.44 bits per heavy atom. The van der Waals surface area contributed by atoms with E-state index in [9.17, 15) is 42.9 Å². The van der Waals surface area contributed by atoms with Crippen LogP contribution in [0, 0.1) is 0 Å². The maximum absolute atomic E-state index is 12.9. The molecule has 63 heavy (non-hydrogen) atoms. The van der Waals surface area contributed by atoms with Gasteiger partial charge in [-0.2, -0.15) is 0 Å². The van der Waals surface area contributed by atoms with Crippen LogP contribution in [-0.2, 0) is 18.7 Å². The number of hydrogen-bond donors (Lipinski definition) is 9. The summed E-state index contributed by atoms with van der Waals surface area (Å²) in [6, 6.07) is 21.3. The molecule has 328 valence electrons. The number of benzene rings is 4. The fourth-order valence-electron chi connectivity index (χ4n) is 6.19. The Balaban J connectivity index is 0.000000239. The number of rotatable bonds is 12. The molecule has 11 N–H and O–H groups in total. The third-order valence-electron chi connectivity index (χ3n) is 8.82. The minimum absolute atomic E-state index is 0.347. The highest BCUT2D eigenvalue weighted by atomic mass is 35.5. The van der Waals surface area contributed by atoms with Gasteiger partial charge in [-0.3, -0.25) is 24.0 Å². The van der Waals surface area contributed by atoms with Crippen LogP contribution in [0.3, 0.4) is 0 Å². The minimum Gasteiger partial charge on any atom is -0.351 e. The van der Waals surface area contributed by atoms with Crippen molar-refractivity contribution in [3.63, 3.8) is 0 Å². The van der Waals surface area contributed by atoms with Gasteiger partial charge in [0.15, 0.2) is 0 Å². The molecule has 4 atom stereocenters. The number of nitrogens with two attached hydrogens (primary N) is 2. The molecule has 4 aromatic carbocycles. The Hall–Kier alpha value is -5.81. The molecular formula is C41H39Cl2N7O9P2S2. The number of carbonyl (C=O) groups excluding carboxylic acids is 5. The van der Waals surface area contributed by atoms with Gasteiger partial charge in [-0.1, -0.05) is 59.6 Å². The summed E-state index contributed by atoms with van der Waals surface area (Å²) in [5.74, 6) is -1.30. The molecule has 0 saturated carbocycles. The van der Waals surface area contributed by atoms with Crippen molar-refractivity contribution < 1.29 is 42.9 Å². The third kappa shape index (κ3) is 13.1. The lowest BCUT2D eigenvalue weighted by molar-refractivity contribution is -0.120. The number of fused-ring (bicyclic) bond motifs is 2. The summed E-state index contributed by atoms with van der Waals surface area (Å²) in [5.41, 5.74) is 10.3. The summed E-state index contributed by atoms with van der Waals surface area (Å²) in [5, 5.41) is 17.6. The lowest BCUT2D eigenvalue weighted by atomic mass is 10.1. The predicted octanol–water partition coefficient (Wildman–Crippen LogP) is 9.26. The number of anilines is 2. The average Bonchev–Trinajstić information content (AvgIpc) is 3.78. The van der Waals surface area contributed by atoms with E-state index in [-0.39, 0.29) is 0 Å². The van der Waals surface area contributed by atoms with Gasteiger partial charge in [0.1, 0.15) is 11.3 Å². The Bertz CT molecular complexity index is 2880. The first kappa shape index (κ1) is 48.2. The lowest BCUT2D eigenvalue weighted by Gasteiger charge is -2.18. The number of para-hydroxylation sites is 2. The molecule has 0 saturated heterocycles. The van der Waals surface area contributed by atoms with Gasteiger partial charge in [0.25, 0.3) is 0 Å².